The second-order valence-corrected chi connectivity index (χ2v) is 8.95. The number of amides is 1. The fourth-order valence-corrected chi connectivity index (χ4v) is 4.58. The van der Waals surface area contributed by atoms with Gasteiger partial charge in [-0.25, -0.2) is 0 Å². The van der Waals surface area contributed by atoms with E-state index in [1.807, 2.05) is 23.6 Å². The van der Waals surface area contributed by atoms with E-state index < -0.39 is 0 Å². The molecule has 3 aromatic rings. The van der Waals surface area contributed by atoms with Crippen molar-refractivity contribution >= 4 is 51.2 Å². The molecule has 0 fully saturated rings. The molecule has 0 aliphatic rings. The second-order valence-electron chi connectivity index (χ2n) is 5.71. The van der Waals surface area contributed by atoms with Gasteiger partial charge in [-0.05, 0) is 48.9 Å². The third-order valence-electron chi connectivity index (χ3n) is 3.85. The molecule has 2 aromatic heterocycles. The second kappa shape index (κ2) is 9.16. The number of aryl methyl sites for hydroxylation is 1. The predicted molar refractivity (Wildman–Crippen MR) is 111 cm³/mol. The van der Waals surface area contributed by atoms with E-state index in [4.69, 9.17) is 0 Å². The summed E-state index contributed by atoms with van der Waals surface area (Å²) in [6.07, 6.45) is 0.872. The monoisotopic (exact) mass is 404 g/mol. The summed E-state index contributed by atoms with van der Waals surface area (Å²) in [5, 5.41) is 17.3. The first-order valence-corrected chi connectivity index (χ1v) is 10.9. The van der Waals surface area contributed by atoms with Crippen molar-refractivity contribution in [2.45, 2.75) is 24.6 Å². The quantitative estimate of drug-likeness (QED) is 0.544. The minimum Gasteiger partial charge on any atom is -0.355 e. The Hall–Kier alpha value is -1.90. The maximum atomic E-state index is 11.9. The fraction of sp³-hybridized carbons (Fsp3) is 0.278. The summed E-state index contributed by atoms with van der Waals surface area (Å²) in [6.45, 7) is 4.82. The van der Waals surface area contributed by atoms with Crippen molar-refractivity contribution in [1.29, 1.82) is 0 Å². The number of nitrogens with zero attached hydrogens (tertiary/aromatic N) is 2. The largest absolute Gasteiger partial charge is 0.355 e. The van der Waals surface area contributed by atoms with Crippen LogP contribution in [0.5, 0.6) is 0 Å². The van der Waals surface area contributed by atoms with Gasteiger partial charge in [0.05, 0.1) is 5.75 Å². The van der Waals surface area contributed by atoms with Crippen LogP contribution in [0.2, 0.25) is 0 Å². The SMILES string of the molecule is Cc1cccc(Nc2nnc(SCC(=O)NCCc3cccs3)s2)c1C. The number of carbonyl (C=O) groups excluding carboxylic acids is 1. The van der Waals surface area contributed by atoms with Gasteiger partial charge in [0.25, 0.3) is 0 Å². The van der Waals surface area contributed by atoms with Crippen LogP contribution >= 0.6 is 34.4 Å². The van der Waals surface area contributed by atoms with Crippen LogP contribution in [-0.2, 0) is 11.2 Å². The van der Waals surface area contributed by atoms with Gasteiger partial charge in [-0.3, -0.25) is 4.79 Å². The number of thiophene rings is 1. The molecule has 26 heavy (non-hydrogen) atoms. The highest BCUT2D eigenvalue weighted by molar-refractivity contribution is 8.01. The number of anilines is 2. The zero-order valence-electron chi connectivity index (χ0n) is 14.6. The fourth-order valence-electron chi connectivity index (χ4n) is 2.28. The molecule has 0 bridgehead atoms. The van der Waals surface area contributed by atoms with E-state index in [1.54, 1.807) is 11.3 Å². The molecule has 2 heterocycles. The van der Waals surface area contributed by atoms with Gasteiger partial charge in [-0.2, -0.15) is 0 Å². The van der Waals surface area contributed by atoms with Crippen LogP contribution in [0.15, 0.2) is 40.1 Å². The third kappa shape index (κ3) is 5.30. The molecule has 1 amide bonds. The van der Waals surface area contributed by atoms with Gasteiger partial charge in [-0.15, -0.1) is 21.5 Å². The Kier molecular flexibility index (Phi) is 6.65. The maximum absolute atomic E-state index is 11.9. The van der Waals surface area contributed by atoms with Crippen molar-refractivity contribution < 1.29 is 4.79 Å². The van der Waals surface area contributed by atoms with Gasteiger partial charge < -0.3 is 10.6 Å². The van der Waals surface area contributed by atoms with Crippen LogP contribution in [-0.4, -0.2) is 28.4 Å². The Morgan fingerprint density at radius 1 is 1.19 bits per heavy atom. The first-order chi connectivity index (χ1) is 12.6. The van der Waals surface area contributed by atoms with Crippen LogP contribution < -0.4 is 10.6 Å². The molecule has 3 rings (SSSR count). The molecule has 2 N–H and O–H groups in total. The van der Waals surface area contributed by atoms with Crippen LogP contribution in [0.25, 0.3) is 0 Å². The van der Waals surface area contributed by atoms with Crippen molar-refractivity contribution in [1.82, 2.24) is 15.5 Å². The summed E-state index contributed by atoms with van der Waals surface area (Å²) in [7, 11) is 0. The highest BCUT2D eigenvalue weighted by Crippen LogP contribution is 2.29. The highest BCUT2D eigenvalue weighted by atomic mass is 32.2. The van der Waals surface area contributed by atoms with E-state index in [0.29, 0.717) is 12.3 Å². The number of hydrogen-bond donors (Lipinski definition) is 2. The molecule has 0 radical (unpaired) electrons. The molecule has 0 spiro atoms. The molecule has 0 saturated heterocycles. The van der Waals surface area contributed by atoms with Gasteiger partial charge >= 0.3 is 0 Å². The normalized spacial score (nSPS) is 10.7. The van der Waals surface area contributed by atoms with E-state index in [-0.39, 0.29) is 5.91 Å². The average molecular weight is 405 g/mol. The summed E-state index contributed by atoms with van der Waals surface area (Å²) in [4.78, 5) is 13.2. The summed E-state index contributed by atoms with van der Waals surface area (Å²) in [5.41, 5.74) is 3.46. The van der Waals surface area contributed by atoms with Gasteiger partial charge in [0, 0.05) is 17.1 Å². The van der Waals surface area contributed by atoms with Crippen molar-refractivity contribution in [2.24, 2.45) is 0 Å². The summed E-state index contributed by atoms with van der Waals surface area (Å²) >= 11 is 4.58. The molecule has 0 atom stereocenters. The van der Waals surface area contributed by atoms with E-state index in [1.165, 1.54) is 39.1 Å². The number of aromatic nitrogens is 2. The zero-order valence-corrected chi connectivity index (χ0v) is 17.1. The lowest BCUT2D eigenvalue weighted by Crippen LogP contribution is -2.27. The third-order valence-corrected chi connectivity index (χ3v) is 6.76. The maximum Gasteiger partial charge on any atom is 0.230 e. The van der Waals surface area contributed by atoms with Crippen molar-refractivity contribution in [3.8, 4) is 0 Å². The first-order valence-electron chi connectivity index (χ1n) is 8.20. The number of nitrogens with one attached hydrogen (secondary N) is 2. The molecule has 0 unspecified atom stereocenters. The van der Waals surface area contributed by atoms with Crippen LogP contribution in [0.3, 0.4) is 0 Å². The Morgan fingerprint density at radius 3 is 2.88 bits per heavy atom. The van der Waals surface area contributed by atoms with Crippen molar-refractivity contribution in [2.75, 3.05) is 17.6 Å². The molecular weight excluding hydrogens is 384 g/mol. The minimum absolute atomic E-state index is 0.0193. The Labute approximate surface area is 165 Å². The molecule has 8 heteroatoms. The zero-order chi connectivity index (χ0) is 18.4. The summed E-state index contributed by atoms with van der Waals surface area (Å²) < 4.78 is 0.784. The van der Waals surface area contributed by atoms with Gasteiger partial charge in [0.15, 0.2) is 4.34 Å². The van der Waals surface area contributed by atoms with Crippen molar-refractivity contribution in [3.05, 3.63) is 51.7 Å². The topological polar surface area (TPSA) is 66.9 Å². The number of hydrogen-bond acceptors (Lipinski definition) is 7. The molecule has 136 valence electrons. The van der Waals surface area contributed by atoms with Gasteiger partial charge in [0.2, 0.25) is 11.0 Å². The number of benzene rings is 1. The van der Waals surface area contributed by atoms with E-state index >= 15 is 0 Å². The number of carbonyl (C=O) groups is 1. The van der Waals surface area contributed by atoms with Crippen molar-refractivity contribution in [3.63, 3.8) is 0 Å². The molecule has 0 aliphatic heterocycles. The van der Waals surface area contributed by atoms with Crippen LogP contribution in [0.1, 0.15) is 16.0 Å². The molecular formula is C18H20N4OS3. The molecule has 0 aliphatic carbocycles. The average Bonchev–Trinajstić information content (AvgIpc) is 3.29. The van der Waals surface area contributed by atoms with Crippen LogP contribution in [0, 0.1) is 13.8 Å². The standard InChI is InChI=1S/C18H20N4OS3/c1-12-5-3-7-15(13(12)2)20-17-21-22-18(26-17)25-11-16(23)19-9-8-14-6-4-10-24-14/h3-7,10H,8-9,11H2,1-2H3,(H,19,23)(H,20,21). The van der Waals surface area contributed by atoms with E-state index in [0.717, 1.165) is 21.6 Å². The van der Waals surface area contributed by atoms with Gasteiger partial charge in [-0.1, -0.05) is 41.3 Å². The smallest absolute Gasteiger partial charge is 0.230 e. The minimum atomic E-state index is 0.0193. The highest BCUT2D eigenvalue weighted by Gasteiger charge is 2.09. The number of rotatable bonds is 8. The van der Waals surface area contributed by atoms with Gasteiger partial charge in [0.1, 0.15) is 0 Å². The molecule has 0 saturated carbocycles. The lowest BCUT2D eigenvalue weighted by molar-refractivity contribution is -0.118. The number of thioether (sulfide) groups is 1. The summed E-state index contributed by atoms with van der Waals surface area (Å²) in [5.74, 6) is 0.369. The molecule has 1 aromatic carbocycles. The Morgan fingerprint density at radius 2 is 2.08 bits per heavy atom. The first kappa shape index (κ1) is 18.9. The lowest BCUT2D eigenvalue weighted by Gasteiger charge is -2.08. The Balaban J connectivity index is 1.44. The molecule has 5 nitrogen and oxygen atoms in total. The van der Waals surface area contributed by atoms with Crippen LogP contribution in [0.4, 0.5) is 10.8 Å². The van der Waals surface area contributed by atoms with E-state index in [2.05, 4.69) is 46.8 Å². The van der Waals surface area contributed by atoms with E-state index in [9.17, 15) is 4.79 Å². The Bertz CT molecular complexity index is 861. The lowest BCUT2D eigenvalue weighted by atomic mass is 10.1. The predicted octanol–water partition coefficient (Wildman–Crippen LogP) is 4.41. The summed E-state index contributed by atoms with van der Waals surface area (Å²) in [6, 6.07) is 10.2.